The SMILES string of the molecule is COc1ccccc1CN1C(=O)C(O)=C(c2ccc(C)cc2)[C@@H]1c1ccccc1Br. The zero-order valence-electron chi connectivity index (χ0n) is 16.8. The number of amides is 1. The van der Waals surface area contributed by atoms with E-state index in [9.17, 15) is 9.90 Å². The number of hydrogen-bond acceptors (Lipinski definition) is 3. The highest BCUT2D eigenvalue weighted by atomic mass is 79.9. The first-order chi connectivity index (χ1) is 14.5. The number of rotatable bonds is 5. The number of carbonyl (C=O) groups is 1. The van der Waals surface area contributed by atoms with Gasteiger partial charge in [-0.2, -0.15) is 0 Å². The van der Waals surface area contributed by atoms with Crippen LogP contribution in [0.2, 0.25) is 0 Å². The zero-order valence-corrected chi connectivity index (χ0v) is 18.4. The number of halogens is 1. The molecular weight excluding hydrogens is 442 g/mol. The lowest BCUT2D eigenvalue weighted by Gasteiger charge is -2.28. The first kappa shape index (κ1) is 20.2. The second-order valence-electron chi connectivity index (χ2n) is 7.30. The first-order valence-electron chi connectivity index (χ1n) is 9.68. The molecule has 152 valence electrons. The van der Waals surface area contributed by atoms with E-state index < -0.39 is 11.9 Å². The number of aliphatic hydroxyl groups excluding tert-OH is 1. The van der Waals surface area contributed by atoms with E-state index in [1.54, 1.807) is 12.0 Å². The molecular formula is C25H22BrNO3. The molecule has 0 aliphatic carbocycles. The molecule has 1 amide bonds. The molecule has 0 radical (unpaired) electrons. The predicted octanol–water partition coefficient (Wildman–Crippen LogP) is 5.82. The minimum absolute atomic E-state index is 0.213. The Bertz CT molecular complexity index is 1120. The van der Waals surface area contributed by atoms with Crippen molar-refractivity contribution in [2.45, 2.75) is 19.5 Å². The van der Waals surface area contributed by atoms with Gasteiger partial charge in [0.05, 0.1) is 19.7 Å². The number of benzene rings is 3. The highest BCUT2D eigenvalue weighted by molar-refractivity contribution is 9.10. The molecule has 3 aromatic carbocycles. The van der Waals surface area contributed by atoms with Crippen molar-refractivity contribution in [1.82, 2.24) is 4.90 Å². The molecule has 4 rings (SSSR count). The Morgan fingerprint density at radius 2 is 1.67 bits per heavy atom. The van der Waals surface area contributed by atoms with Gasteiger partial charge in [-0.15, -0.1) is 0 Å². The summed E-state index contributed by atoms with van der Waals surface area (Å²) in [5.74, 6) is 0.103. The van der Waals surface area contributed by atoms with Gasteiger partial charge in [-0.3, -0.25) is 4.79 Å². The van der Waals surface area contributed by atoms with Crippen LogP contribution in [0.1, 0.15) is 28.3 Å². The van der Waals surface area contributed by atoms with Crippen LogP contribution in [0.15, 0.2) is 83.0 Å². The van der Waals surface area contributed by atoms with Gasteiger partial charge in [0.2, 0.25) is 0 Å². The van der Waals surface area contributed by atoms with E-state index in [0.29, 0.717) is 17.9 Å². The lowest BCUT2D eigenvalue weighted by atomic mass is 9.93. The maximum Gasteiger partial charge on any atom is 0.290 e. The molecule has 0 bridgehead atoms. The summed E-state index contributed by atoms with van der Waals surface area (Å²) in [4.78, 5) is 14.9. The van der Waals surface area contributed by atoms with Gasteiger partial charge in [0.15, 0.2) is 5.76 Å². The molecule has 0 aromatic heterocycles. The standard InChI is InChI=1S/C25H22BrNO3/c1-16-11-13-17(14-12-16)22-23(19-8-4-5-9-20(19)26)27(25(29)24(22)28)15-18-7-3-6-10-21(18)30-2/h3-14,23,28H,15H2,1-2H3/t23-/m0/s1. The lowest BCUT2D eigenvalue weighted by molar-refractivity contribution is -0.130. The van der Waals surface area contributed by atoms with Crippen molar-refractivity contribution >= 4 is 27.4 Å². The van der Waals surface area contributed by atoms with E-state index in [1.807, 2.05) is 79.7 Å². The predicted molar refractivity (Wildman–Crippen MR) is 121 cm³/mol. The van der Waals surface area contributed by atoms with Gasteiger partial charge in [0.25, 0.3) is 5.91 Å². The fourth-order valence-electron chi connectivity index (χ4n) is 3.88. The third-order valence-corrected chi connectivity index (χ3v) is 6.12. The van der Waals surface area contributed by atoms with Gasteiger partial charge >= 0.3 is 0 Å². The minimum Gasteiger partial charge on any atom is -0.503 e. The van der Waals surface area contributed by atoms with E-state index in [1.165, 1.54) is 0 Å². The molecule has 0 spiro atoms. The number of carbonyl (C=O) groups excluding carboxylic acids is 1. The highest BCUT2D eigenvalue weighted by Crippen LogP contribution is 2.46. The molecule has 1 atom stereocenters. The normalized spacial score (nSPS) is 16.3. The molecule has 0 fully saturated rings. The van der Waals surface area contributed by atoms with Gasteiger partial charge in [0.1, 0.15) is 5.75 Å². The van der Waals surface area contributed by atoms with E-state index in [2.05, 4.69) is 15.9 Å². The molecule has 5 heteroatoms. The molecule has 1 aliphatic rings. The van der Waals surface area contributed by atoms with E-state index in [-0.39, 0.29) is 5.76 Å². The number of methoxy groups -OCH3 is 1. The van der Waals surface area contributed by atoms with Crippen molar-refractivity contribution in [2.75, 3.05) is 7.11 Å². The zero-order chi connectivity index (χ0) is 21.3. The van der Waals surface area contributed by atoms with Gasteiger partial charge in [-0.05, 0) is 30.2 Å². The molecule has 3 aromatic rings. The largest absolute Gasteiger partial charge is 0.503 e. The molecule has 30 heavy (non-hydrogen) atoms. The second kappa shape index (κ2) is 8.36. The van der Waals surface area contributed by atoms with Crippen LogP contribution in [-0.4, -0.2) is 23.0 Å². The molecule has 1 heterocycles. The third kappa shape index (κ3) is 3.61. The van der Waals surface area contributed by atoms with Crippen LogP contribution in [0, 0.1) is 6.92 Å². The molecule has 4 nitrogen and oxygen atoms in total. The minimum atomic E-state index is -0.430. The Hall–Kier alpha value is -3.05. The summed E-state index contributed by atoms with van der Waals surface area (Å²) >= 11 is 3.63. The highest BCUT2D eigenvalue weighted by Gasteiger charge is 2.41. The molecule has 0 unspecified atom stereocenters. The van der Waals surface area contributed by atoms with Crippen LogP contribution in [0.4, 0.5) is 0 Å². The summed E-state index contributed by atoms with van der Waals surface area (Å²) < 4.78 is 6.37. The van der Waals surface area contributed by atoms with Gasteiger partial charge < -0.3 is 14.7 Å². The number of aliphatic hydroxyl groups is 1. The summed E-state index contributed by atoms with van der Waals surface area (Å²) in [5, 5.41) is 10.9. The maximum atomic E-state index is 13.2. The molecule has 0 saturated heterocycles. The Morgan fingerprint density at radius 3 is 2.37 bits per heavy atom. The Morgan fingerprint density at radius 1 is 1.00 bits per heavy atom. The summed E-state index contributed by atoms with van der Waals surface area (Å²) in [6.07, 6.45) is 0. The number of aryl methyl sites for hydroxylation is 1. The number of hydrogen-bond donors (Lipinski definition) is 1. The smallest absolute Gasteiger partial charge is 0.290 e. The van der Waals surface area contributed by atoms with Crippen molar-refractivity contribution in [1.29, 1.82) is 0 Å². The number of nitrogens with zero attached hydrogens (tertiary/aromatic N) is 1. The Kier molecular flexibility index (Phi) is 5.64. The van der Waals surface area contributed by atoms with Crippen molar-refractivity contribution in [2.24, 2.45) is 0 Å². The monoisotopic (exact) mass is 463 g/mol. The molecule has 1 aliphatic heterocycles. The summed E-state index contributed by atoms with van der Waals surface area (Å²) in [6.45, 7) is 2.32. The quantitative estimate of drug-likeness (QED) is 0.518. The first-order valence-corrected chi connectivity index (χ1v) is 10.5. The van der Waals surface area contributed by atoms with Crippen molar-refractivity contribution < 1.29 is 14.6 Å². The summed E-state index contributed by atoms with van der Waals surface area (Å²) in [5.41, 5.74) is 4.35. The van der Waals surface area contributed by atoms with E-state index >= 15 is 0 Å². The van der Waals surface area contributed by atoms with Crippen LogP contribution in [-0.2, 0) is 11.3 Å². The van der Waals surface area contributed by atoms with Gasteiger partial charge in [0, 0.05) is 15.6 Å². The van der Waals surface area contributed by atoms with Gasteiger partial charge in [-0.25, -0.2) is 0 Å². The fraction of sp³-hybridized carbons (Fsp3) is 0.160. The van der Waals surface area contributed by atoms with Crippen LogP contribution in [0.3, 0.4) is 0 Å². The number of para-hydroxylation sites is 1. The second-order valence-corrected chi connectivity index (χ2v) is 8.15. The van der Waals surface area contributed by atoms with Crippen molar-refractivity contribution in [3.8, 4) is 5.75 Å². The van der Waals surface area contributed by atoms with Gasteiger partial charge in [-0.1, -0.05) is 82.2 Å². The average Bonchev–Trinajstić information content (AvgIpc) is 3.00. The van der Waals surface area contributed by atoms with E-state index in [0.717, 1.165) is 26.7 Å². The molecule has 1 N–H and O–H groups in total. The maximum absolute atomic E-state index is 13.2. The van der Waals surface area contributed by atoms with Crippen LogP contribution in [0.25, 0.3) is 5.57 Å². The third-order valence-electron chi connectivity index (χ3n) is 5.40. The van der Waals surface area contributed by atoms with Crippen LogP contribution < -0.4 is 4.74 Å². The summed E-state index contributed by atoms with van der Waals surface area (Å²) in [7, 11) is 1.61. The fourth-order valence-corrected chi connectivity index (χ4v) is 4.38. The Labute approximate surface area is 184 Å². The van der Waals surface area contributed by atoms with Crippen molar-refractivity contribution in [3.05, 3.63) is 105 Å². The molecule has 0 saturated carbocycles. The van der Waals surface area contributed by atoms with E-state index in [4.69, 9.17) is 4.74 Å². The van der Waals surface area contributed by atoms with Crippen LogP contribution in [0.5, 0.6) is 5.75 Å². The number of ether oxygens (including phenoxy) is 1. The van der Waals surface area contributed by atoms with Crippen LogP contribution >= 0.6 is 15.9 Å². The topological polar surface area (TPSA) is 49.8 Å². The van der Waals surface area contributed by atoms with Crippen molar-refractivity contribution in [3.63, 3.8) is 0 Å². The average molecular weight is 464 g/mol. The Balaban J connectivity index is 1.85. The summed E-state index contributed by atoms with van der Waals surface area (Å²) in [6, 6.07) is 22.9. The lowest BCUT2D eigenvalue weighted by Crippen LogP contribution is -2.30.